The van der Waals surface area contributed by atoms with E-state index in [2.05, 4.69) is 5.32 Å². The molecule has 7 nitrogen and oxygen atoms in total. The summed E-state index contributed by atoms with van der Waals surface area (Å²) in [6.07, 6.45) is 1.95. The Hall–Kier alpha value is -4.00. The van der Waals surface area contributed by atoms with Crippen LogP contribution in [0.4, 0.5) is 0 Å². The molecule has 3 aromatic carbocycles. The Kier molecular flexibility index (Phi) is 11.2. The lowest BCUT2D eigenvalue weighted by Gasteiger charge is -2.32. The first-order chi connectivity index (χ1) is 18.9. The SMILES string of the molecule is CC[C@H](C)NC(=O)[C@@H](Cc1ccccc1)N(Cc1cccc(OC)c1)C(=O)CCc1ccc(OC)c(OC)c1. The Morgan fingerprint density at radius 1 is 0.821 bits per heavy atom. The van der Waals surface area contributed by atoms with Crippen molar-refractivity contribution in [1.29, 1.82) is 0 Å². The zero-order chi connectivity index (χ0) is 28.2. The van der Waals surface area contributed by atoms with Gasteiger partial charge in [-0.05, 0) is 60.7 Å². The summed E-state index contributed by atoms with van der Waals surface area (Å²) in [5.41, 5.74) is 2.83. The maximum absolute atomic E-state index is 13.9. The van der Waals surface area contributed by atoms with Crippen molar-refractivity contribution in [2.75, 3.05) is 21.3 Å². The zero-order valence-corrected chi connectivity index (χ0v) is 23.6. The molecule has 0 saturated carbocycles. The molecule has 39 heavy (non-hydrogen) atoms. The fourth-order valence-electron chi connectivity index (χ4n) is 4.39. The predicted octanol–water partition coefficient (Wildman–Crippen LogP) is 5.20. The molecular formula is C32H40N2O5. The van der Waals surface area contributed by atoms with E-state index in [4.69, 9.17) is 14.2 Å². The maximum Gasteiger partial charge on any atom is 0.243 e. The highest BCUT2D eigenvalue weighted by Crippen LogP contribution is 2.28. The number of hydrogen-bond donors (Lipinski definition) is 1. The molecule has 208 valence electrons. The number of amides is 2. The second-order valence-corrected chi connectivity index (χ2v) is 9.59. The van der Waals surface area contributed by atoms with E-state index in [1.54, 1.807) is 26.2 Å². The van der Waals surface area contributed by atoms with Gasteiger partial charge in [0.25, 0.3) is 0 Å². The van der Waals surface area contributed by atoms with Crippen molar-refractivity contribution in [2.45, 2.75) is 58.2 Å². The van der Waals surface area contributed by atoms with E-state index in [9.17, 15) is 9.59 Å². The number of carbonyl (C=O) groups excluding carboxylic acids is 2. The number of rotatable bonds is 14. The minimum atomic E-state index is -0.675. The molecule has 2 amide bonds. The summed E-state index contributed by atoms with van der Waals surface area (Å²) in [5.74, 6) is 1.69. The Bertz CT molecular complexity index is 1210. The van der Waals surface area contributed by atoms with Crippen molar-refractivity contribution in [3.8, 4) is 17.2 Å². The van der Waals surface area contributed by atoms with Crippen molar-refractivity contribution in [1.82, 2.24) is 10.2 Å². The van der Waals surface area contributed by atoms with Crippen molar-refractivity contribution in [2.24, 2.45) is 0 Å². The lowest BCUT2D eigenvalue weighted by atomic mass is 10.0. The Balaban J connectivity index is 1.93. The number of hydrogen-bond acceptors (Lipinski definition) is 5. The van der Waals surface area contributed by atoms with Gasteiger partial charge in [-0.15, -0.1) is 0 Å². The largest absolute Gasteiger partial charge is 0.497 e. The molecule has 0 aromatic heterocycles. The van der Waals surface area contributed by atoms with Gasteiger partial charge in [-0.2, -0.15) is 0 Å². The van der Waals surface area contributed by atoms with Crippen LogP contribution in [-0.4, -0.2) is 50.1 Å². The zero-order valence-electron chi connectivity index (χ0n) is 23.6. The van der Waals surface area contributed by atoms with Gasteiger partial charge < -0.3 is 24.4 Å². The van der Waals surface area contributed by atoms with Gasteiger partial charge >= 0.3 is 0 Å². The van der Waals surface area contributed by atoms with Crippen LogP contribution in [0.2, 0.25) is 0 Å². The van der Waals surface area contributed by atoms with Gasteiger partial charge in [0.1, 0.15) is 11.8 Å². The molecule has 0 unspecified atom stereocenters. The summed E-state index contributed by atoms with van der Waals surface area (Å²) < 4.78 is 16.2. The molecule has 0 saturated heterocycles. The van der Waals surface area contributed by atoms with E-state index in [1.165, 1.54) is 0 Å². The number of nitrogens with zero attached hydrogens (tertiary/aromatic N) is 1. The van der Waals surface area contributed by atoms with Crippen molar-refractivity contribution < 1.29 is 23.8 Å². The first kappa shape index (κ1) is 29.6. The first-order valence-corrected chi connectivity index (χ1v) is 13.4. The van der Waals surface area contributed by atoms with Gasteiger partial charge in [-0.1, -0.05) is 55.5 Å². The van der Waals surface area contributed by atoms with Crippen LogP contribution in [0.3, 0.4) is 0 Å². The fourth-order valence-corrected chi connectivity index (χ4v) is 4.39. The maximum atomic E-state index is 13.9. The highest BCUT2D eigenvalue weighted by atomic mass is 16.5. The van der Waals surface area contributed by atoms with Crippen molar-refractivity contribution in [3.63, 3.8) is 0 Å². The molecule has 0 radical (unpaired) electrons. The number of ether oxygens (including phenoxy) is 3. The van der Waals surface area contributed by atoms with Gasteiger partial charge in [0, 0.05) is 25.4 Å². The van der Waals surface area contributed by atoms with Gasteiger partial charge in [0.05, 0.1) is 21.3 Å². The van der Waals surface area contributed by atoms with Crippen LogP contribution in [0.5, 0.6) is 17.2 Å². The molecule has 0 heterocycles. The Morgan fingerprint density at radius 2 is 1.54 bits per heavy atom. The topological polar surface area (TPSA) is 77.1 Å². The Labute approximate surface area is 232 Å². The van der Waals surface area contributed by atoms with Crippen LogP contribution in [0.15, 0.2) is 72.8 Å². The van der Waals surface area contributed by atoms with E-state index >= 15 is 0 Å². The van der Waals surface area contributed by atoms with Crippen molar-refractivity contribution >= 4 is 11.8 Å². The molecule has 1 N–H and O–H groups in total. The highest BCUT2D eigenvalue weighted by molar-refractivity contribution is 5.88. The molecule has 2 atom stereocenters. The summed E-state index contributed by atoms with van der Waals surface area (Å²) in [4.78, 5) is 29.3. The summed E-state index contributed by atoms with van der Waals surface area (Å²) in [5, 5.41) is 3.11. The van der Waals surface area contributed by atoms with Gasteiger partial charge in [0.15, 0.2) is 11.5 Å². The molecule has 3 aromatic rings. The third kappa shape index (κ3) is 8.50. The van der Waals surface area contributed by atoms with E-state index < -0.39 is 6.04 Å². The van der Waals surface area contributed by atoms with E-state index in [-0.39, 0.29) is 30.8 Å². The first-order valence-electron chi connectivity index (χ1n) is 13.4. The molecule has 0 bridgehead atoms. The van der Waals surface area contributed by atoms with E-state index in [0.717, 1.165) is 23.1 Å². The second kappa shape index (κ2) is 14.8. The molecular weight excluding hydrogens is 492 g/mol. The molecule has 0 aliphatic carbocycles. The van der Waals surface area contributed by atoms with Crippen LogP contribution in [0.25, 0.3) is 0 Å². The Morgan fingerprint density at radius 3 is 2.21 bits per heavy atom. The summed E-state index contributed by atoms with van der Waals surface area (Å²) >= 11 is 0. The van der Waals surface area contributed by atoms with Gasteiger partial charge in [-0.25, -0.2) is 0 Å². The predicted molar refractivity (Wildman–Crippen MR) is 153 cm³/mol. The van der Waals surface area contributed by atoms with Crippen LogP contribution in [0.1, 0.15) is 43.4 Å². The third-order valence-electron chi connectivity index (χ3n) is 6.83. The average Bonchev–Trinajstić information content (AvgIpc) is 2.97. The second-order valence-electron chi connectivity index (χ2n) is 9.59. The minimum Gasteiger partial charge on any atom is -0.497 e. The van der Waals surface area contributed by atoms with E-state index in [0.29, 0.717) is 30.1 Å². The lowest BCUT2D eigenvalue weighted by molar-refractivity contribution is -0.141. The fraction of sp³-hybridized carbons (Fsp3) is 0.375. The number of aryl methyl sites for hydroxylation is 1. The van der Waals surface area contributed by atoms with E-state index in [1.807, 2.05) is 86.6 Å². The molecule has 0 fully saturated rings. The van der Waals surface area contributed by atoms with Crippen molar-refractivity contribution in [3.05, 3.63) is 89.5 Å². The molecule has 7 heteroatoms. The lowest BCUT2D eigenvalue weighted by Crippen LogP contribution is -2.52. The van der Waals surface area contributed by atoms with Gasteiger partial charge in [0.2, 0.25) is 11.8 Å². The monoisotopic (exact) mass is 532 g/mol. The highest BCUT2D eigenvalue weighted by Gasteiger charge is 2.31. The van der Waals surface area contributed by atoms with Crippen LogP contribution < -0.4 is 19.5 Å². The van der Waals surface area contributed by atoms with Crippen LogP contribution in [0, 0.1) is 0 Å². The van der Waals surface area contributed by atoms with Crippen LogP contribution in [-0.2, 0) is 29.0 Å². The average molecular weight is 533 g/mol. The smallest absolute Gasteiger partial charge is 0.243 e. The molecule has 0 aliphatic rings. The van der Waals surface area contributed by atoms with Crippen LogP contribution >= 0.6 is 0 Å². The summed E-state index contributed by atoms with van der Waals surface area (Å²) in [7, 11) is 4.80. The number of nitrogens with one attached hydrogen (secondary N) is 1. The molecule has 0 aliphatic heterocycles. The summed E-state index contributed by atoms with van der Waals surface area (Å²) in [6.45, 7) is 4.29. The van der Waals surface area contributed by atoms with Gasteiger partial charge in [-0.3, -0.25) is 9.59 Å². The third-order valence-corrected chi connectivity index (χ3v) is 6.83. The number of carbonyl (C=O) groups is 2. The molecule has 3 rings (SSSR count). The normalized spacial score (nSPS) is 12.2. The summed E-state index contributed by atoms with van der Waals surface area (Å²) in [6, 6.07) is 22.4. The quantitative estimate of drug-likeness (QED) is 0.309. The number of methoxy groups -OCH3 is 3. The molecule has 0 spiro atoms. The standard InChI is InChI=1S/C32H40N2O5/c1-6-23(2)33-32(36)28(20-24-11-8-7-9-12-24)34(22-26-13-10-14-27(19-26)37-3)31(35)18-16-25-15-17-29(38-4)30(21-25)39-5/h7-15,17,19,21,23,28H,6,16,18,20,22H2,1-5H3,(H,33,36)/t23-,28+/m0/s1. The number of benzene rings is 3. The minimum absolute atomic E-state index is 0.00342.